The summed E-state index contributed by atoms with van der Waals surface area (Å²) in [5, 5.41) is 0. The molecule has 1 rings (SSSR count). The Labute approximate surface area is 134 Å². The van der Waals surface area contributed by atoms with Crippen LogP contribution in [-0.2, 0) is 19.1 Å². The van der Waals surface area contributed by atoms with Crippen LogP contribution in [0.2, 0.25) is 0 Å². The molecule has 0 aromatic heterocycles. The van der Waals surface area contributed by atoms with E-state index >= 15 is 0 Å². The molecular formula is C17H31NO4. The van der Waals surface area contributed by atoms with Gasteiger partial charge in [-0.3, -0.25) is 4.79 Å². The summed E-state index contributed by atoms with van der Waals surface area (Å²) >= 11 is 0. The smallest absolute Gasteiger partial charge is 0.224 e. The van der Waals surface area contributed by atoms with Crippen molar-refractivity contribution in [3.63, 3.8) is 0 Å². The molecule has 0 aromatic carbocycles. The van der Waals surface area contributed by atoms with Gasteiger partial charge in [0.2, 0.25) is 5.91 Å². The lowest BCUT2D eigenvalue weighted by molar-refractivity contribution is -0.135. The molecule has 1 amide bonds. The van der Waals surface area contributed by atoms with Crippen LogP contribution in [0.25, 0.3) is 0 Å². The lowest BCUT2D eigenvalue weighted by Crippen LogP contribution is -2.44. The molecule has 0 bridgehead atoms. The molecule has 22 heavy (non-hydrogen) atoms. The van der Waals surface area contributed by atoms with Gasteiger partial charge in [0.15, 0.2) is 0 Å². The molecule has 0 radical (unpaired) electrons. The van der Waals surface area contributed by atoms with Crippen LogP contribution in [0.5, 0.6) is 0 Å². The number of piperidine rings is 1. The maximum Gasteiger partial charge on any atom is 0.224 e. The van der Waals surface area contributed by atoms with Crippen molar-refractivity contribution in [1.29, 1.82) is 0 Å². The summed E-state index contributed by atoms with van der Waals surface area (Å²) in [6.45, 7) is 8.82. The number of amides is 1. The summed E-state index contributed by atoms with van der Waals surface area (Å²) in [6.07, 6.45) is 2.72. The van der Waals surface area contributed by atoms with Gasteiger partial charge < -0.3 is 19.2 Å². The van der Waals surface area contributed by atoms with Crippen LogP contribution in [0, 0.1) is 5.41 Å². The van der Waals surface area contributed by atoms with Crippen molar-refractivity contribution < 1.29 is 19.1 Å². The van der Waals surface area contributed by atoms with Crippen LogP contribution >= 0.6 is 0 Å². The molecule has 0 N–H and O–H groups in total. The third-order valence-electron chi connectivity index (χ3n) is 3.94. The van der Waals surface area contributed by atoms with Crippen molar-refractivity contribution in [3.05, 3.63) is 0 Å². The molecule has 128 valence electrons. The van der Waals surface area contributed by atoms with Crippen molar-refractivity contribution in [2.75, 3.05) is 26.8 Å². The minimum Gasteiger partial charge on any atom is -0.384 e. The Balaban J connectivity index is 0.00000211. The molecule has 1 heterocycles. The average molecular weight is 313 g/mol. The molecule has 0 atom stereocenters. The minimum atomic E-state index is -0.240. The van der Waals surface area contributed by atoms with Crippen LogP contribution in [0.1, 0.15) is 59.8 Å². The number of Topliss-reactive ketones (excluding diaryl/α,β-unsaturated/α-hetero) is 2. The van der Waals surface area contributed by atoms with Gasteiger partial charge in [-0.25, -0.2) is 0 Å². The fourth-order valence-corrected chi connectivity index (χ4v) is 3.05. The molecule has 1 fully saturated rings. The third kappa shape index (κ3) is 7.16. The van der Waals surface area contributed by atoms with Gasteiger partial charge in [0.05, 0.1) is 13.0 Å². The first-order chi connectivity index (χ1) is 10.4. The Hall–Kier alpha value is -1.23. The Morgan fingerprint density at radius 3 is 1.82 bits per heavy atom. The zero-order valence-corrected chi connectivity index (χ0v) is 14.7. The SMILES string of the molecule is CC.COCCC(=O)N1CCC(CC(C)=O)(CC(C)=O)CC1. The van der Waals surface area contributed by atoms with Crippen molar-refractivity contribution in [2.24, 2.45) is 5.41 Å². The third-order valence-corrected chi connectivity index (χ3v) is 3.94. The number of carbonyl (C=O) groups is 3. The summed E-state index contributed by atoms with van der Waals surface area (Å²) in [4.78, 5) is 36.6. The predicted molar refractivity (Wildman–Crippen MR) is 86.7 cm³/mol. The van der Waals surface area contributed by atoms with E-state index in [1.807, 2.05) is 18.7 Å². The standard InChI is InChI=1S/C15H25NO4.C2H6/c1-12(17)10-15(11-13(2)18)5-7-16(8-6-15)14(19)4-9-20-3;1-2/h4-11H2,1-3H3;1-2H3. The summed E-state index contributed by atoms with van der Waals surface area (Å²) in [7, 11) is 1.58. The highest BCUT2D eigenvalue weighted by atomic mass is 16.5. The number of hydrogen-bond donors (Lipinski definition) is 0. The highest BCUT2D eigenvalue weighted by molar-refractivity contribution is 5.80. The van der Waals surface area contributed by atoms with E-state index in [0.29, 0.717) is 39.0 Å². The Morgan fingerprint density at radius 2 is 1.45 bits per heavy atom. The minimum absolute atomic E-state index is 0.0890. The van der Waals surface area contributed by atoms with Crippen LogP contribution in [0.15, 0.2) is 0 Å². The quantitative estimate of drug-likeness (QED) is 0.725. The van der Waals surface area contributed by atoms with Crippen LogP contribution in [0.4, 0.5) is 0 Å². The Kier molecular flexibility index (Phi) is 9.90. The van der Waals surface area contributed by atoms with Gasteiger partial charge >= 0.3 is 0 Å². The van der Waals surface area contributed by atoms with E-state index in [9.17, 15) is 14.4 Å². The molecule has 0 aliphatic carbocycles. The Morgan fingerprint density at radius 1 is 1.00 bits per heavy atom. The van der Waals surface area contributed by atoms with Gasteiger partial charge in [-0.05, 0) is 32.1 Å². The number of nitrogens with zero attached hydrogens (tertiary/aromatic N) is 1. The highest BCUT2D eigenvalue weighted by Gasteiger charge is 2.37. The van der Waals surface area contributed by atoms with Crippen LogP contribution in [0.3, 0.4) is 0 Å². The van der Waals surface area contributed by atoms with Gasteiger partial charge in [-0.15, -0.1) is 0 Å². The average Bonchev–Trinajstić information content (AvgIpc) is 2.46. The molecule has 0 aromatic rings. The van der Waals surface area contributed by atoms with Crippen molar-refractivity contribution in [3.8, 4) is 0 Å². The van der Waals surface area contributed by atoms with Crippen molar-refractivity contribution in [2.45, 2.75) is 59.8 Å². The van der Waals surface area contributed by atoms with E-state index in [2.05, 4.69) is 0 Å². The predicted octanol–water partition coefficient (Wildman–Crippen LogP) is 2.62. The molecule has 1 saturated heterocycles. The first kappa shape index (κ1) is 20.8. The Bertz CT molecular complexity index is 353. The molecule has 5 nitrogen and oxygen atoms in total. The second-order valence-electron chi connectivity index (χ2n) is 5.88. The topological polar surface area (TPSA) is 63.7 Å². The zero-order chi connectivity index (χ0) is 17.2. The van der Waals surface area contributed by atoms with Gasteiger partial charge in [0.1, 0.15) is 11.6 Å². The number of ketones is 2. The van der Waals surface area contributed by atoms with Crippen LogP contribution in [-0.4, -0.2) is 49.2 Å². The second-order valence-corrected chi connectivity index (χ2v) is 5.88. The fourth-order valence-electron chi connectivity index (χ4n) is 3.05. The summed E-state index contributed by atoms with van der Waals surface area (Å²) < 4.78 is 4.91. The normalized spacial score (nSPS) is 16.5. The molecule has 0 spiro atoms. The summed E-state index contributed by atoms with van der Waals surface area (Å²) in [5.41, 5.74) is -0.240. The number of ether oxygens (including phenoxy) is 1. The van der Waals surface area contributed by atoms with E-state index < -0.39 is 0 Å². The van der Waals surface area contributed by atoms with Crippen LogP contribution < -0.4 is 0 Å². The number of rotatable bonds is 7. The lowest BCUT2D eigenvalue weighted by atomic mass is 9.71. The van der Waals surface area contributed by atoms with E-state index in [-0.39, 0.29) is 22.9 Å². The first-order valence-corrected chi connectivity index (χ1v) is 8.14. The monoisotopic (exact) mass is 313 g/mol. The zero-order valence-electron chi connectivity index (χ0n) is 14.7. The molecule has 0 unspecified atom stereocenters. The van der Waals surface area contributed by atoms with Gasteiger partial charge in [0.25, 0.3) is 0 Å². The summed E-state index contributed by atoms with van der Waals surface area (Å²) in [6, 6.07) is 0. The maximum atomic E-state index is 11.9. The van der Waals surface area contributed by atoms with E-state index in [1.165, 1.54) is 0 Å². The van der Waals surface area contributed by atoms with Crippen molar-refractivity contribution in [1.82, 2.24) is 4.90 Å². The first-order valence-electron chi connectivity index (χ1n) is 8.14. The summed E-state index contributed by atoms with van der Waals surface area (Å²) in [5.74, 6) is 0.321. The number of methoxy groups -OCH3 is 1. The van der Waals surface area contributed by atoms with E-state index in [1.54, 1.807) is 21.0 Å². The molecule has 1 aliphatic heterocycles. The number of likely N-dealkylation sites (tertiary alicyclic amines) is 1. The molecule has 0 saturated carbocycles. The van der Waals surface area contributed by atoms with Gasteiger partial charge in [-0.2, -0.15) is 0 Å². The van der Waals surface area contributed by atoms with Gasteiger partial charge in [0, 0.05) is 33.0 Å². The highest BCUT2D eigenvalue weighted by Crippen LogP contribution is 2.39. The van der Waals surface area contributed by atoms with Crippen molar-refractivity contribution >= 4 is 17.5 Å². The molecule has 1 aliphatic rings. The fraction of sp³-hybridized carbons (Fsp3) is 0.824. The van der Waals surface area contributed by atoms with E-state index in [0.717, 1.165) is 12.8 Å². The molecule has 5 heteroatoms. The largest absolute Gasteiger partial charge is 0.384 e. The van der Waals surface area contributed by atoms with E-state index in [4.69, 9.17) is 4.74 Å². The molecular weight excluding hydrogens is 282 g/mol. The van der Waals surface area contributed by atoms with Gasteiger partial charge in [-0.1, -0.05) is 13.8 Å². The second kappa shape index (κ2) is 10.5. The lowest BCUT2D eigenvalue weighted by Gasteiger charge is -2.41. The number of carbonyl (C=O) groups excluding carboxylic acids is 3. The maximum absolute atomic E-state index is 11.9. The number of hydrogen-bond acceptors (Lipinski definition) is 4.